The second-order valence-electron chi connectivity index (χ2n) is 6.82. The molecule has 1 aromatic heterocycles. The highest BCUT2D eigenvalue weighted by atomic mass is 79.9. The Morgan fingerprint density at radius 1 is 1.21 bits per heavy atom. The normalized spacial score (nSPS) is 19.1. The number of benzene rings is 2. The second kappa shape index (κ2) is 7.60. The summed E-state index contributed by atoms with van der Waals surface area (Å²) < 4.78 is 12.9. The van der Waals surface area contributed by atoms with Crippen molar-refractivity contribution in [3.63, 3.8) is 0 Å². The lowest BCUT2D eigenvalue weighted by atomic mass is 10.1. The maximum absolute atomic E-state index is 12.5. The van der Waals surface area contributed by atoms with Crippen molar-refractivity contribution in [2.45, 2.75) is 25.4 Å². The highest BCUT2D eigenvalue weighted by Gasteiger charge is 2.31. The summed E-state index contributed by atoms with van der Waals surface area (Å²) in [6.07, 6.45) is 1.50. The van der Waals surface area contributed by atoms with Crippen molar-refractivity contribution < 1.29 is 19.1 Å². The molecule has 2 atom stereocenters. The highest BCUT2D eigenvalue weighted by molar-refractivity contribution is 9.10. The van der Waals surface area contributed by atoms with Gasteiger partial charge in [-0.2, -0.15) is 0 Å². The Hall–Kier alpha value is -2.31. The predicted octanol–water partition coefficient (Wildman–Crippen LogP) is 5.51. The summed E-state index contributed by atoms with van der Waals surface area (Å²) in [5.74, 6) is -0.311. The van der Waals surface area contributed by atoms with E-state index in [0.717, 1.165) is 4.47 Å². The SMILES string of the molecule is O=C(O)[C@H]1CC[C@@H](Oc2cc(Br)ccc2-c2cc(=O)c3cccc(Cl)c3o2)C1. The Morgan fingerprint density at radius 2 is 2.04 bits per heavy atom. The summed E-state index contributed by atoms with van der Waals surface area (Å²) in [5.41, 5.74) is 0.743. The summed E-state index contributed by atoms with van der Waals surface area (Å²) in [6.45, 7) is 0. The molecule has 0 amide bonds. The fraction of sp³-hybridized carbons (Fsp3) is 0.238. The molecule has 1 aliphatic carbocycles. The van der Waals surface area contributed by atoms with Crippen molar-refractivity contribution in [1.82, 2.24) is 0 Å². The Balaban J connectivity index is 1.75. The van der Waals surface area contributed by atoms with E-state index in [0.29, 0.717) is 52.3 Å². The minimum Gasteiger partial charge on any atom is -0.490 e. The van der Waals surface area contributed by atoms with Gasteiger partial charge in [-0.05, 0) is 49.6 Å². The smallest absolute Gasteiger partial charge is 0.306 e. The summed E-state index contributed by atoms with van der Waals surface area (Å²) >= 11 is 9.64. The molecule has 0 bridgehead atoms. The van der Waals surface area contributed by atoms with Gasteiger partial charge in [0.2, 0.25) is 0 Å². The third-order valence-electron chi connectivity index (χ3n) is 4.94. The fourth-order valence-electron chi connectivity index (χ4n) is 3.52. The van der Waals surface area contributed by atoms with Gasteiger partial charge in [-0.1, -0.05) is 33.6 Å². The minimum absolute atomic E-state index is 0.195. The van der Waals surface area contributed by atoms with Crippen LogP contribution in [0.15, 0.2) is 56.1 Å². The molecular weight excluding hydrogens is 448 g/mol. The number of carboxylic acids is 1. The number of carbonyl (C=O) groups is 1. The molecule has 5 nitrogen and oxygen atoms in total. The van der Waals surface area contributed by atoms with Crippen LogP contribution in [0.2, 0.25) is 5.02 Å². The lowest BCUT2D eigenvalue weighted by molar-refractivity contribution is -0.141. The quantitative estimate of drug-likeness (QED) is 0.552. The standard InChI is InChI=1S/C21H16BrClO5/c22-12-5-7-15(18(9-12)27-13-6-4-11(8-13)21(25)26)19-10-17(24)14-2-1-3-16(23)20(14)28-19/h1-3,5,7,9-11,13H,4,6,8H2,(H,25,26)/t11-,13+/m0/s1. The zero-order chi connectivity index (χ0) is 19.8. The number of hydrogen-bond acceptors (Lipinski definition) is 4. The maximum atomic E-state index is 12.5. The van der Waals surface area contributed by atoms with Crippen LogP contribution in [0.25, 0.3) is 22.3 Å². The molecule has 1 N–H and O–H groups in total. The van der Waals surface area contributed by atoms with E-state index in [1.165, 1.54) is 6.07 Å². The maximum Gasteiger partial charge on any atom is 0.306 e. The van der Waals surface area contributed by atoms with Crippen molar-refractivity contribution >= 4 is 44.5 Å². The van der Waals surface area contributed by atoms with Gasteiger partial charge >= 0.3 is 5.97 Å². The Morgan fingerprint density at radius 3 is 2.79 bits per heavy atom. The number of halogens is 2. The predicted molar refractivity (Wildman–Crippen MR) is 110 cm³/mol. The molecule has 0 aliphatic heterocycles. The molecule has 4 rings (SSSR count). The summed E-state index contributed by atoms with van der Waals surface area (Å²) in [5, 5.41) is 9.98. The molecule has 0 radical (unpaired) electrons. The average Bonchev–Trinajstić information content (AvgIpc) is 3.11. The Labute approximate surface area is 174 Å². The number of para-hydroxylation sites is 1. The molecule has 1 aliphatic rings. The van der Waals surface area contributed by atoms with E-state index in [1.807, 2.05) is 6.07 Å². The molecule has 1 saturated carbocycles. The van der Waals surface area contributed by atoms with E-state index < -0.39 is 11.9 Å². The van der Waals surface area contributed by atoms with Gasteiger partial charge in [-0.3, -0.25) is 9.59 Å². The molecule has 0 spiro atoms. The lowest BCUT2D eigenvalue weighted by Gasteiger charge is -2.17. The van der Waals surface area contributed by atoms with Crippen LogP contribution in [-0.2, 0) is 4.79 Å². The topological polar surface area (TPSA) is 76.7 Å². The summed E-state index contributed by atoms with van der Waals surface area (Å²) in [6, 6.07) is 11.9. The van der Waals surface area contributed by atoms with Gasteiger partial charge in [0, 0.05) is 10.5 Å². The van der Waals surface area contributed by atoms with Gasteiger partial charge in [0.25, 0.3) is 0 Å². The highest BCUT2D eigenvalue weighted by Crippen LogP contribution is 2.37. The largest absolute Gasteiger partial charge is 0.490 e. The molecular formula is C21H16BrClO5. The molecule has 0 saturated heterocycles. The van der Waals surface area contributed by atoms with Crippen molar-refractivity contribution in [2.24, 2.45) is 5.92 Å². The first-order chi connectivity index (χ1) is 13.4. The van der Waals surface area contributed by atoms with Gasteiger partial charge in [0.05, 0.1) is 28.0 Å². The van der Waals surface area contributed by atoms with E-state index in [9.17, 15) is 14.7 Å². The number of carboxylic acid groups (broad SMARTS) is 1. The molecule has 2 aromatic carbocycles. The Kier molecular flexibility index (Phi) is 5.17. The van der Waals surface area contributed by atoms with Gasteiger partial charge in [-0.15, -0.1) is 0 Å². The van der Waals surface area contributed by atoms with Crippen molar-refractivity contribution in [1.29, 1.82) is 0 Å². The molecule has 7 heteroatoms. The average molecular weight is 464 g/mol. The molecule has 1 heterocycles. The van der Waals surface area contributed by atoms with E-state index in [2.05, 4.69) is 15.9 Å². The fourth-order valence-corrected chi connectivity index (χ4v) is 4.08. The summed E-state index contributed by atoms with van der Waals surface area (Å²) in [7, 11) is 0. The molecule has 0 unspecified atom stereocenters. The van der Waals surface area contributed by atoms with Crippen LogP contribution in [0.4, 0.5) is 0 Å². The minimum atomic E-state index is -0.796. The molecule has 1 fully saturated rings. The summed E-state index contributed by atoms with van der Waals surface area (Å²) in [4.78, 5) is 23.7. The van der Waals surface area contributed by atoms with Gasteiger partial charge in [-0.25, -0.2) is 0 Å². The molecule has 144 valence electrons. The van der Waals surface area contributed by atoms with Crippen molar-refractivity contribution in [3.8, 4) is 17.1 Å². The number of rotatable bonds is 4. The number of ether oxygens (including phenoxy) is 1. The van der Waals surface area contributed by atoms with Crippen LogP contribution in [0.5, 0.6) is 5.75 Å². The second-order valence-corrected chi connectivity index (χ2v) is 8.14. The zero-order valence-corrected chi connectivity index (χ0v) is 17.0. The van der Waals surface area contributed by atoms with Gasteiger partial charge < -0.3 is 14.3 Å². The Bertz CT molecular complexity index is 1120. The monoisotopic (exact) mass is 462 g/mol. The van der Waals surface area contributed by atoms with E-state index >= 15 is 0 Å². The first kappa shape index (κ1) is 19.0. The van der Waals surface area contributed by atoms with E-state index in [-0.39, 0.29) is 11.5 Å². The number of fused-ring (bicyclic) bond motifs is 1. The third-order valence-corrected chi connectivity index (χ3v) is 5.73. The lowest BCUT2D eigenvalue weighted by Crippen LogP contribution is -2.16. The van der Waals surface area contributed by atoms with E-state index in [4.69, 9.17) is 20.8 Å². The van der Waals surface area contributed by atoms with Crippen LogP contribution >= 0.6 is 27.5 Å². The third kappa shape index (κ3) is 3.66. The first-order valence-corrected chi connectivity index (χ1v) is 10.0. The first-order valence-electron chi connectivity index (χ1n) is 8.84. The van der Waals surface area contributed by atoms with Crippen molar-refractivity contribution in [3.05, 3.63) is 62.2 Å². The van der Waals surface area contributed by atoms with Crippen LogP contribution in [0.3, 0.4) is 0 Å². The zero-order valence-electron chi connectivity index (χ0n) is 14.7. The number of hydrogen-bond donors (Lipinski definition) is 1. The van der Waals surface area contributed by atoms with E-state index in [1.54, 1.807) is 30.3 Å². The van der Waals surface area contributed by atoms with Crippen LogP contribution in [-0.4, -0.2) is 17.2 Å². The molecule has 3 aromatic rings. The van der Waals surface area contributed by atoms with Gasteiger partial charge in [0.15, 0.2) is 11.0 Å². The van der Waals surface area contributed by atoms with Crippen LogP contribution in [0.1, 0.15) is 19.3 Å². The van der Waals surface area contributed by atoms with Gasteiger partial charge in [0.1, 0.15) is 11.5 Å². The van der Waals surface area contributed by atoms with Crippen LogP contribution < -0.4 is 10.2 Å². The van der Waals surface area contributed by atoms with Crippen molar-refractivity contribution in [2.75, 3.05) is 0 Å². The number of aliphatic carboxylic acids is 1. The van der Waals surface area contributed by atoms with Crippen LogP contribution in [0, 0.1) is 5.92 Å². The molecule has 28 heavy (non-hydrogen) atoms.